The molecule has 1 aromatic heterocycles. The van der Waals surface area contributed by atoms with E-state index in [1.54, 1.807) is 18.2 Å². The number of aromatic nitrogens is 3. The Morgan fingerprint density at radius 2 is 1.24 bits per heavy atom. The molecule has 236 valence electrons. The summed E-state index contributed by atoms with van der Waals surface area (Å²) in [5.41, 5.74) is 1.54. The van der Waals surface area contributed by atoms with E-state index in [-0.39, 0.29) is 54.0 Å². The van der Waals surface area contributed by atoms with Crippen molar-refractivity contribution in [2.24, 2.45) is 0 Å². The molecular formula is C26H51Cl2N11O2. The van der Waals surface area contributed by atoms with Gasteiger partial charge in [-0.3, -0.25) is 4.79 Å². The Hall–Kier alpha value is -3.46. The van der Waals surface area contributed by atoms with Crippen molar-refractivity contribution in [2.75, 3.05) is 46.6 Å². The van der Waals surface area contributed by atoms with Crippen LogP contribution in [-0.2, 0) is 0 Å². The number of benzene rings is 2. The van der Waals surface area contributed by atoms with E-state index in [2.05, 4.69) is 20.4 Å². The molecule has 2 aliphatic rings. The van der Waals surface area contributed by atoms with Gasteiger partial charge in [0.05, 0.1) is 5.56 Å². The molecule has 3 heterocycles. The lowest BCUT2D eigenvalue weighted by atomic mass is 10.1. The van der Waals surface area contributed by atoms with E-state index >= 15 is 0 Å². The van der Waals surface area contributed by atoms with E-state index in [9.17, 15) is 9.90 Å². The molecule has 41 heavy (non-hydrogen) atoms. The van der Waals surface area contributed by atoms with Crippen LogP contribution in [0.4, 0.5) is 29.2 Å². The molecule has 2 aromatic carbocycles. The number of aromatic hydroxyl groups is 1. The van der Waals surface area contributed by atoms with Gasteiger partial charge in [0.25, 0.3) is 5.91 Å². The number of anilines is 5. The fourth-order valence-electron chi connectivity index (χ4n) is 4.54. The zero-order valence-corrected chi connectivity index (χ0v) is 24.9. The van der Waals surface area contributed by atoms with Crippen molar-refractivity contribution in [3.05, 3.63) is 53.1 Å². The number of nitrogens with zero attached hydrogens (tertiary/aromatic N) is 5. The zero-order valence-electron chi connectivity index (χ0n) is 23.3. The summed E-state index contributed by atoms with van der Waals surface area (Å²) >= 11 is 5.86. The molecule has 0 radical (unpaired) electrons. The largest absolute Gasteiger partial charge is 0.507 e. The summed E-state index contributed by atoms with van der Waals surface area (Å²) < 4.78 is 0. The number of amides is 1. The molecule has 1 amide bonds. The minimum absolute atomic E-state index is 0. The first-order chi connectivity index (χ1) is 17.5. The molecule has 0 aliphatic carbocycles. The molecule has 0 unspecified atom stereocenters. The number of halogens is 2. The van der Waals surface area contributed by atoms with Crippen molar-refractivity contribution in [1.29, 1.82) is 0 Å². The Labute approximate surface area is 258 Å². The number of phenolic OH excluding ortho intramolecular Hbond substituents is 1. The van der Waals surface area contributed by atoms with Gasteiger partial charge in [0, 0.05) is 48.3 Å². The van der Waals surface area contributed by atoms with E-state index in [0.29, 0.717) is 16.7 Å². The highest BCUT2D eigenvalue weighted by Gasteiger charge is 2.20. The topological polar surface area (TPSA) is 247 Å². The van der Waals surface area contributed by atoms with Crippen molar-refractivity contribution >= 4 is 59.1 Å². The number of hydrogen-bond donors (Lipinski definition) is 7. The fourth-order valence-corrected chi connectivity index (χ4v) is 4.71. The monoisotopic (exact) mass is 619 g/mol. The minimum atomic E-state index is -0.417. The maximum atomic E-state index is 12.5. The SMILES string of the molecule is Cl.N.N.N.N.O=C(Nc1ccc(Nc2nc(N3CCCCC3)nc(N3CCCCC3)n2)cc1)c1ccc(Cl)cc1O.[HH].[HH].[HH].[HH]. The fraction of sp³-hybridized carbons (Fsp3) is 0.385. The van der Waals surface area contributed by atoms with E-state index in [1.165, 1.54) is 25.0 Å². The summed E-state index contributed by atoms with van der Waals surface area (Å²) in [6.07, 6.45) is 7.07. The van der Waals surface area contributed by atoms with Crippen molar-refractivity contribution < 1.29 is 15.6 Å². The van der Waals surface area contributed by atoms with Gasteiger partial charge in [0.2, 0.25) is 17.8 Å². The van der Waals surface area contributed by atoms with Gasteiger partial charge in [-0.2, -0.15) is 15.0 Å². The van der Waals surface area contributed by atoms with Gasteiger partial charge in [-0.15, -0.1) is 12.4 Å². The average Bonchev–Trinajstić information content (AvgIpc) is 2.90. The van der Waals surface area contributed by atoms with Crippen LogP contribution in [0.25, 0.3) is 0 Å². The van der Waals surface area contributed by atoms with Crippen LogP contribution in [0.2, 0.25) is 5.02 Å². The molecule has 0 saturated carbocycles. The van der Waals surface area contributed by atoms with Crippen LogP contribution in [-0.4, -0.2) is 52.1 Å². The van der Waals surface area contributed by atoms with Crippen LogP contribution >= 0.6 is 24.0 Å². The number of rotatable bonds is 6. The van der Waals surface area contributed by atoms with Crippen molar-refractivity contribution in [3.63, 3.8) is 0 Å². The Morgan fingerprint density at radius 3 is 1.73 bits per heavy atom. The first-order valence-corrected chi connectivity index (χ1v) is 12.9. The number of nitrogens with one attached hydrogen (secondary N) is 2. The number of piperidine rings is 2. The standard InChI is InChI=1S/C26H30ClN7O2.ClH.4H3N.4H2/c27-18-7-12-21(22(35)17-18)23(36)28-19-8-10-20(11-9-19)29-24-30-25(33-13-3-1-4-14-33)32-26(31-24)34-15-5-2-6-16-34;;;;;;;;;/h7-12,17,35H,1-6,13-16H2,(H,28,36)(H,29,30,31,32);1H;4*1H3;4*1H. The predicted molar refractivity (Wildman–Crippen MR) is 179 cm³/mol. The van der Waals surface area contributed by atoms with Crippen LogP contribution in [0.3, 0.4) is 0 Å². The number of phenols is 1. The van der Waals surface area contributed by atoms with Crippen LogP contribution in [0.5, 0.6) is 5.75 Å². The van der Waals surface area contributed by atoms with Gasteiger partial charge in [0.1, 0.15) is 5.75 Å². The molecule has 0 spiro atoms. The number of carbonyl (C=O) groups is 1. The summed E-state index contributed by atoms with van der Waals surface area (Å²) in [6.45, 7) is 3.84. The highest BCUT2D eigenvalue weighted by atomic mass is 35.5. The Kier molecular flexibility index (Phi) is 15.9. The van der Waals surface area contributed by atoms with Gasteiger partial charge in [0.15, 0.2) is 0 Å². The average molecular weight is 621 g/mol. The second-order valence-electron chi connectivity index (χ2n) is 9.17. The summed E-state index contributed by atoms with van der Waals surface area (Å²) in [6, 6.07) is 11.7. The lowest BCUT2D eigenvalue weighted by molar-refractivity contribution is 0.102. The first kappa shape index (κ1) is 37.5. The molecule has 2 saturated heterocycles. The molecule has 2 fully saturated rings. The number of carbonyl (C=O) groups excluding carboxylic acids is 1. The van der Waals surface area contributed by atoms with Crippen molar-refractivity contribution in [2.45, 2.75) is 38.5 Å². The first-order valence-electron chi connectivity index (χ1n) is 12.5. The smallest absolute Gasteiger partial charge is 0.259 e. The van der Waals surface area contributed by atoms with Gasteiger partial charge in [-0.1, -0.05) is 11.6 Å². The summed E-state index contributed by atoms with van der Waals surface area (Å²) in [4.78, 5) is 31.3. The van der Waals surface area contributed by atoms with Gasteiger partial charge < -0.3 is 50.1 Å². The molecule has 13 nitrogen and oxygen atoms in total. The lowest BCUT2D eigenvalue weighted by Gasteiger charge is -2.30. The second kappa shape index (κ2) is 17.4. The number of hydrogen-bond acceptors (Lipinski definition) is 12. The van der Waals surface area contributed by atoms with E-state index in [1.807, 2.05) is 12.1 Å². The summed E-state index contributed by atoms with van der Waals surface area (Å²) in [7, 11) is 0. The molecule has 0 bridgehead atoms. The summed E-state index contributed by atoms with van der Waals surface area (Å²) in [5.74, 6) is 1.37. The Bertz CT molecular complexity index is 1210. The van der Waals surface area contributed by atoms with Crippen LogP contribution in [0.1, 0.15) is 54.6 Å². The second-order valence-corrected chi connectivity index (χ2v) is 9.61. The third kappa shape index (κ3) is 9.56. The molecule has 15 heteroatoms. The van der Waals surface area contributed by atoms with Crippen molar-refractivity contribution in [3.8, 4) is 5.75 Å². The van der Waals surface area contributed by atoms with Crippen LogP contribution in [0.15, 0.2) is 42.5 Å². The quantitative estimate of drug-likeness (QED) is 0.144. The van der Waals surface area contributed by atoms with Crippen molar-refractivity contribution in [1.82, 2.24) is 39.6 Å². The van der Waals surface area contributed by atoms with E-state index in [4.69, 9.17) is 26.6 Å². The Balaban J connectivity index is -0.000000593. The Morgan fingerprint density at radius 1 is 0.756 bits per heavy atom. The maximum Gasteiger partial charge on any atom is 0.259 e. The van der Waals surface area contributed by atoms with Crippen LogP contribution in [0, 0.1) is 0 Å². The van der Waals surface area contributed by atoms with Gasteiger partial charge in [-0.05, 0) is 81.0 Å². The normalized spacial score (nSPS) is 14.1. The lowest BCUT2D eigenvalue weighted by Crippen LogP contribution is -2.34. The molecular weight excluding hydrogens is 569 g/mol. The minimum Gasteiger partial charge on any atom is -0.507 e. The highest BCUT2D eigenvalue weighted by molar-refractivity contribution is 6.31. The third-order valence-electron chi connectivity index (χ3n) is 6.49. The third-order valence-corrected chi connectivity index (χ3v) is 6.73. The molecule has 2 aliphatic heterocycles. The molecule has 0 atom stereocenters. The summed E-state index contributed by atoms with van der Waals surface area (Å²) in [5, 5.41) is 16.5. The highest BCUT2D eigenvalue weighted by Crippen LogP contribution is 2.26. The molecule has 15 N–H and O–H groups in total. The van der Waals surface area contributed by atoms with Gasteiger partial charge >= 0.3 is 0 Å². The van der Waals surface area contributed by atoms with E-state index < -0.39 is 5.91 Å². The van der Waals surface area contributed by atoms with Gasteiger partial charge in [-0.25, -0.2) is 0 Å². The predicted octanol–water partition coefficient (Wildman–Crippen LogP) is 7.26. The molecule has 3 aromatic rings. The zero-order chi connectivity index (χ0) is 24.9. The van der Waals surface area contributed by atoms with Crippen LogP contribution < -0.4 is 45.0 Å². The van der Waals surface area contributed by atoms with E-state index in [0.717, 1.165) is 69.4 Å². The maximum absolute atomic E-state index is 12.5. The molecule has 5 rings (SSSR count).